The summed E-state index contributed by atoms with van der Waals surface area (Å²) < 4.78 is 0. The largest absolute Gasteiger partial charge is 0.356 e. The molecule has 2 unspecified atom stereocenters. The lowest BCUT2D eigenvalue weighted by Gasteiger charge is -2.40. The zero-order valence-electron chi connectivity index (χ0n) is 15.2. The van der Waals surface area contributed by atoms with E-state index in [0.717, 1.165) is 44.9 Å². The number of imide groups is 1. The fourth-order valence-corrected chi connectivity index (χ4v) is 4.12. The van der Waals surface area contributed by atoms with Crippen molar-refractivity contribution in [2.75, 3.05) is 26.7 Å². The van der Waals surface area contributed by atoms with Crippen molar-refractivity contribution in [3.8, 4) is 0 Å². The van der Waals surface area contributed by atoms with Gasteiger partial charge in [0.2, 0.25) is 0 Å². The number of carbonyl (C=O) groups is 2. The number of allylic oxidation sites excluding steroid dienone is 2. The molecule has 2 heterocycles. The number of urea groups is 1. The highest BCUT2D eigenvalue weighted by Gasteiger charge is 2.48. The molecule has 0 spiro atoms. The second-order valence-electron chi connectivity index (χ2n) is 7.45. The van der Waals surface area contributed by atoms with E-state index < -0.39 is 5.54 Å². The molecule has 138 valence electrons. The number of nitrogens with one attached hydrogen (secondary N) is 3. The average molecular weight is 347 g/mol. The molecular weight excluding hydrogens is 318 g/mol. The summed E-state index contributed by atoms with van der Waals surface area (Å²) in [5, 5.41) is 8.68. The Morgan fingerprint density at radius 3 is 2.64 bits per heavy atom. The van der Waals surface area contributed by atoms with Crippen LogP contribution in [0.1, 0.15) is 39.0 Å². The first-order valence-corrected chi connectivity index (χ1v) is 9.27. The van der Waals surface area contributed by atoms with Gasteiger partial charge in [0.25, 0.3) is 5.91 Å². The van der Waals surface area contributed by atoms with Crippen molar-refractivity contribution in [2.24, 2.45) is 16.8 Å². The molecule has 0 aromatic carbocycles. The monoisotopic (exact) mass is 347 g/mol. The number of amides is 3. The van der Waals surface area contributed by atoms with E-state index in [1.165, 1.54) is 12.8 Å². The molecular formula is C18H29N5O2. The van der Waals surface area contributed by atoms with Gasteiger partial charge in [0.1, 0.15) is 5.54 Å². The second kappa shape index (κ2) is 7.45. The number of piperidine rings is 1. The molecule has 1 aliphatic carbocycles. The van der Waals surface area contributed by atoms with Crippen LogP contribution in [0, 0.1) is 11.8 Å². The van der Waals surface area contributed by atoms with Crippen LogP contribution in [0.25, 0.3) is 0 Å². The Labute approximate surface area is 149 Å². The number of carbonyl (C=O) groups excluding carboxylic acids is 2. The first kappa shape index (κ1) is 17.8. The van der Waals surface area contributed by atoms with Crippen molar-refractivity contribution in [3.05, 3.63) is 12.2 Å². The van der Waals surface area contributed by atoms with Gasteiger partial charge in [-0.25, -0.2) is 4.79 Å². The van der Waals surface area contributed by atoms with Crippen molar-refractivity contribution in [3.63, 3.8) is 0 Å². The van der Waals surface area contributed by atoms with E-state index in [2.05, 4.69) is 38.0 Å². The first-order chi connectivity index (χ1) is 12.0. The Bertz CT molecular complexity index is 580. The van der Waals surface area contributed by atoms with Crippen LogP contribution in [-0.4, -0.2) is 55.0 Å². The van der Waals surface area contributed by atoms with Crippen LogP contribution in [0.3, 0.4) is 0 Å². The lowest BCUT2D eigenvalue weighted by atomic mass is 9.79. The molecule has 2 saturated heterocycles. The van der Waals surface area contributed by atoms with E-state index in [1.54, 1.807) is 0 Å². The molecule has 3 N–H and O–H groups in total. The molecule has 2 fully saturated rings. The van der Waals surface area contributed by atoms with Gasteiger partial charge in [-0.15, -0.1) is 0 Å². The third-order valence-electron chi connectivity index (χ3n) is 5.82. The minimum atomic E-state index is -0.783. The summed E-state index contributed by atoms with van der Waals surface area (Å²) in [4.78, 5) is 30.3. The summed E-state index contributed by atoms with van der Waals surface area (Å²) in [6, 6.07) is -0.381. The van der Waals surface area contributed by atoms with Crippen molar-refractivity contribution in [1.29, 1.82) is 0 Å². The topological polar surface area (TPSA) is 85.8 Å². The molecule has 3 amide bonds. The van der Waals surface area contributed by atoms with Crippen LogP contribution in [-0.2, 0) is 4.79 Å². The average Bonchev–Trinajstić information content (AvgIpc) is 2.90. The minimum Gasteiger partial charge on any atom is -0.356 e. The first-order valence-electron chi connectivity index (χ1n) is 9.27. The second-order valence-corrected chi connectivity index (χ2v) is 7.45. The van der Waals surface area contributed by atoms with Crippen molar-refractivity contribution < 1.29 is 9.59 Å². The van der Waals surface area contributed by atoms with E-state index in [0.29, 0.717) is 5.92 Å². The molecule has 3 aliphatic rings. The van der Waals surface area contributed by atoms with E-state index in [9.17, 15) is 9.59 Å². The molecule has 2 aliphatic heterocycles. The van der Waals surface area contributed by atoms with Crippen molar-refractivity contribution in [1.82, 2.24) is 20.9 Å². The maximum Gasteiger partial charge on any atom is 0.322 e. The molecule has 25 heavy (non-hydrogen) atoms. The summed E-state index contributed by atoms with van der Waals surface area (Å²) in [6.45, 7) is 4.46. The molecule has 0 aromatic heterocycles. The fourth-order valence-electron chi connectivity index (χ4n) is 4.12. The maximum atomic E-state index is 12.1. The standard InChI is InChI=1S/C18H29N5O2/c1-18(15(24)21-17(25)22-18)14-8-10-23(11-9-14)16(19-2)20-12-13-6-4-3-5-7-13/h3-4,13-14H,5-12H2,1-2H3,(H,19,20)(H2,21,22,24,25). The number of hydrogen-bond donors (Lipinski definition) is 3. The highest BCUT2D eigenvalue weighted by molar-refractivity contribution is 6.07. The molecule has 0 bridgehead atoms. The van der Waals surface area contributed by atoms with Gasteiger partial charge in [-0.05, 0) is 50.9 Å². The summed E-state index contributed by atoms with van der Waals surface area (Å²) in [5.74, 6) is 1.56. The molecule has 7 heteroatoms. The van der Waals surface area contributed by atoms with Gasteiger partial charge < -0.3 is 15.5 Å². The van der Waals surface area contributed by atoms with Gasteiger partial charge in [0.05, 0.1) is 0 Å². The maximum absolute atomic E-state index is 12.1. The Morgan fingerprint density at radius 2 is 2.08 bits per heavy atom. The summed E-state index contributed by atoms with van der Waals surface area (Å²) >= 11 is 0. The van der Waals surface area contributed by atoms with Crippen LogP contribution in [0.15, 0.2) is 17.1 Å². The predicted molar refractivity (Wildman–Crippen MR) is 97.2 cm³/mol. The van der Waals surface area contributed by atoms with E-state index in [-0.39, 0.29) is 17.9 Å². The number of hydrogen-bond acceptors (Lipinski definition) is 3. The molecule has 2 atom stereocenters. The van der Waals surface area contributed by atoms with Crippen molar-refractivity contribution in [2.45, 2.75) is 44.6 Å². The molecule has 0 radical (unpaired) electrons. The quantitative estimate of drug-likeness (QED) is 0.310. The van der Waals surface area contributed by atoms with Gasteiger partial charge in [-0.1, -0.05) is 12.2 Å². The lowest BCUT2D eigenvalue weighted by Crippen LogP contribution is -2.55. The highest BCUT2D eigenvalue weighted by Crippen LogP contribution is 2.30. The zero-order chi connectivity index (χ0) is 17.9. The van der Waals surface area contributed by atoms with Crippen molar-refractivity contribution >= 4 is 17.9 Å². The van der Waals surface area contributed by atoms with Crippen LogP contribution in [0.5, 0.6) is 0 Å². The van der Waals surface area contributed by atoms with E-state index >= 15 is 0 Å². The van der Waals surface area contributed by atoms with E-state index in [4.69, 9.17) is 0 Å². The third kappa shape index (κ3) is 3.80. The Morgan fingerprint density at radius 1 is 1.32 bits per heavy atom. The molecule has 3 rings (SSSR count). The van der Waals surface area contributed by atoms with Gasteiger partial charge >= 0.3 is 6.03 Å². The van der Waals surface area contributed by atoms with Gasteiger partial charge in [0, 0.05) is 26.7 Å². The lowest BCUT2D eigenvalue weighted by molar-refractivity contribution is -0.125. The number of nitrogens with zero attached hydrogens (tertiary/aromatic N) is 2. The Kier molecular flexibility index (Phi) is 5.30. The number of aliphatic imine (C=N–C) groups is 1. The fraction of sp³-hybridized carbons (Fsp3) is 0.722. The van der Waals surface area contributed by atoms with Gasteiger partial charge in [0.15, 0.2) is 5.96 Å². The highest BCUT2D eigenvalue weighted by atomic mass is 16.2. The Balaban J connectivity index is 1.51. The van der Waals surface area contributed by atoms with Crippen LogP contribution in [0.4, 0.5) is 4.79 Å². The third-order valence-corrected chi connectivity index (χ3v) is 5.82. The SMILES string of the molecule is CN=C(NCC1CC=CCC1)N1CCC(C2(C)NC(=O)NC2=O)CC1. The predicted octanol–water partition coefficient (Wildman–Crippen LogP) is 1.23. The Hall–Kier alpha value is -2.05. The number of rotatable bonds is 3. The summed E-state index contributed by atoms with van der Waals surface area (Å²) in [5.41, 5.74) is -0.783. The van der Waals surface area contributed by atoms with Crippen LogP contribution in [0.2, 0.25) is 0 Å². The summed E-state index contributed by atoms with van der Waals surface area (Å²) in [6.07, 6.45) is 9.78. The van der Waals surface area contributed by atoms with E-state index in [1.807, 2.05) is 14.0 Å². The number of guanidine groups is 1. The normalized spacial score (nSPS) is 31.0. The molecule has 0 aromatic rings. The molecule has 7 nitrogen and oxygen atoms in total. The van der Waals surface area contributed by atoms with Crippen LogP contribution >= 0.6 is 0 Å². The zero-order valence-corrected chi connectivity index (χ0v) is 15.2. The van der Waals surface area contributed by atoms with Gasteiger partial charge in [-0.2, -0.15) is 0 Å². The minimum absolute atomic E-state index is 0.150. The number of likely N-dealkylation sites (tertiary alicyclic amines) is 1. The van der Waals surface area contributed by atoms with Crippen LogP contribution < -0.4 is 16.0 Å². The molecule has 0 saturated carbocycles. The van der Waals surface area contributed by atoms with Gasteiger partial charge in [-0.3, -0.25) is 15.1 Å². The smallest absolute Gasteiger partial charge is 0.322 e. The summed E-state index contributed by atoms with van der Waals surface area (Å²) in [7, 11) is 1.82.